The van der Waals surface area contributed by atoms with Gasteiger partial charge in [0.25, 0.3) is 0 Å². The van der Waals surface area contributed by atoms with E-state index in [1.165, 1.54) is 18.2 Å². The number of ketones is 1. The Morgan fingerprint density at radius 3 is 2.79 bits per heavy atom. The summed E-state index contributed by atoms with van der Waals surface area (Å²) in [6.07, 6.45) is 3.04. The minimum Gasteiger partial charge on any atom is -0.486 e. The molecule has 0 saturated carbocycles. The molecule has 1 aromatic carbocycles. The normalized spacial score (nSPS) is 23.7. The van der Waals surface area contributed by atoms with Gasteiger partial charge in [0, 0.05) is 6.07 Å². The van der Waals surface area contributed by atoms with E-state index in [-0.39, 0.29) is 11.6 Å². The highest BCUT2D eigenvalue weighted by Gasteiger charge is 2.39. The Kier molecular flexibility index (Phi) is 3.93. The van der Waals surface area contributed by atoms with Crippen molar-refractivity contribution in [1.29, 1.82) is 0 Å². The second-order valence-corrected chi connectivity index (χ2v) is 5.60. The highest BCUT2D eigenvalue weighted by Crippen LogP contribution is 2.39. The molecule has 2 atom stereocenters. The molecule has 0 spiro atoms. The molecule has 0 N–H and O–H groups in total. The number of hydrogen-bond donors (Lipinski definition) is 0. The molecule has 104 valence electrons. The van der Waals surface area contributed by atoms with Gasteiger partial charge < -0.3 is 4.74 Å². The van der Waals surface area contributed by atoms with Crippen molar-refractivity contribution in [2.45, 2.75) is 52.1 Å². The summed E-state index contributed by atoms with van der Waals surface area (Å²) >= 11 is 0. The maximum atomic E-state index is 13.3. The van der Waals surface area contributed by atoms with Crippen LogP contribution in [0.4, 0.5) is 4.39 Å². The molecule has 0 bridgehead atoms. The van der Waals surface area contributed by atoms with E-state index < -0.39 is 5.60 Å². The first-order chi connectivity index (χ1) is 8.99. The van der Waals surface area contributed by atoms with Crippen molar-refractivity contribution >= 4 is 5.78 Å². The molecule has 2 unspecified atom stereocenters. The Labute approximate surface area is 114 Å². The summed E-state index contributed by atoms with van der Waals surface area (Å²) in [6, 6.07) is 4.16. The lowest BCUT2D eigenvalue weighted by Gasteiger charge is -2.39. The quantitative estimate of drug-likeness (QED) is 0.807. The molecule has 0 amide bonds. The molecule has 2 rings (SSSR count). The lowest BCUT2D eigenvalue weighted by atomic mass is 9.81. The van der Waals surface area contributed by atoms with Crippen molar-refractivity contribution in [3.8, 4) is 5.75 Å². The summed E-state index contributed by atoms with van der Waals surface area (Å²) < 4.78 is 19.3. The molecular weight excluding hydrogens is 243 g/mol. The van der Waals surface area contributed by atoms with Crippen molar-refractivity contribution in [3.63, 3.8) is 0 Å². The third kappa shape index (κ3) is 2.80. The Hall–Kier alpha value is -1.38. The van der Waals surface area contributed by atoms with Gasteiger partial charge in [-0.1, -0.05) is 27.2 Å². The van der Waals surface area contributed by atoms with Crippen LogP contribution in [0.15, 0.2) is 18.2 Å². The van der Waals surface area contributed by atoms with Crippen LogP contribution in [0.2, 0.25) is 0 Å². The first-order valence-electron chi connectivity index (χ1n) is 7.01. The monoisotopic (exact) mass is 264 g/mol. The van der Waals surface area contributed by atoms with Crippen LogP contribution < -0.4 is 4.74 Å². The van der Waals surface area contributed by atoms with Crippen LogP contribution in [-0.4, -0.2) is 11.4 Å². The number of carbonyl (C=O) groups excluding carboxylic acids is 1. The molecule has 0 aromatic heterocycles. The molecular formula is C16H21FO2. The fourth-order valence-electron chi connectivity index (χ4n) is 2.70. The van der Waals surface area contributed by atoms with E-state index >= 15 is 0 Å². The molecule has 19 heavy (non-hydrogen) atoms. The van der Waals surface area contributed by atoms with Gasteiger partial charge in [-0.05, 0) is 30.9 Å². The van der Waals surface area contributed by atoms with Gasteiger partial charge in [-0.15, -0.1) is 0 Å². The zero-order valence-electron chi connectivity index (χ0n) is 11.8. The number of benzene rings is 1. The molecule has 1 aliphatic rings. The average Bonchev–Trinajstić information content (AvgIpc) is 2.38. The molecule has 1 aliphatic heterocycles. The van der Waals surface area contributed by atoms with Crippen LogP contribution in [0.5, 0.6) is 5.75 Å². The van der Waals surface area contributed by atoms with E-state index in [0.29, 0.717) is 23.7 Å². The molecule has 1 heterocycles. The van der Waals surface area contributed by atoms with Crippen molar-refractivity contribution < 1.29 is 13.9 Å². The summed E-state index contributed by atoms with van der Waals surface area (Å²) in [5.74, 6) is 0.595. The maximum Gasteiger partial charge on any atom is 0.170 e. The second kappa shape index (κ2) is 5.32. The van der Waals surface area contributed by atoms with Gasteiger partial charge in [-0.25, -0.2) is 4.39 Å². The van der Waals surface area contributed by atoms with E-state index in [0.717, 1.165) is 19.3 Å². The van der Waals surface area contributed by atoms with Crippen LogP contribution in [0, 0.1) is 11.7 Å². The Balaban J connectivity index is 2.33. The number of Topliss-reactive ketones (excluding diaryl/α,β-unsaturated/α-hetero) is 1. The summed E-state index contributed by atoms with van der Waals surface area (Å²) in [7, 11) is 0. The first kappa shape index (κ1) is 14.0. The molecule has 1 aromatic rings. The number of hydrogen-bond acceptors (Lipinski definition) is 2. The topological polar surface area (TPSA) is 26.3 Å². The van der Waals surface area contributed by atoms with Gasteiger partial charge in [0.15, 0.2) is 5.78 Å². The van der Waals surface area contributed by atoms with Crippen molar-refractivity contribution in [3.05, 3.63) is 29.6 Å². The predicted octanol–water partition coefficient (Wildman–Crippen LogP) is 4.38. The van der Waals surface area contributed by atoms with Gasteiger partial charge in [0.1, 0.15) is 17.2 Å². The lowest BCUT2D eigenvalue weighted by molar-refractivity contribution is 0.0206. The summed E-state index contributed by atoms with van der Waals surface area (Å²) in [5, 5.41) is 0. The number of halogens is 1. The fourth-order valence-corrected chi connectivity index (χ4v) is 2.70. The van der Waals surface area contributed by atoms with Crippen molar-refractivity contribution in [2.24, 2.45) is 5.92 Å². The lowest BCUT2D eigenvalue weighted by Crippen LogP contribution is -2.42. The number of fused-ring (bicyclic) bond motifs is 1. The highest BCUT2D eigenvalue weighted by molar-refractivity contribution is 6.00. The SMILES string of the molecule is CCC(C)CC1(CC)CC(=O)c2ccc(F)cc2O1. The number of ether oxygens (including phenoxy) is 1. The first-order valence-corrected chi connectivity index (χ1v) is 7.01. The van der Waals surface area contributed by atoms with Crippen LogP contribution in [-0.2, 0) is 0 Å². The Bertz CT molecular complexity index is 484. The van der Waals surface area contributed by atoms with E-state index in [4.69, 9.17) is 4.74 Å². The van der Waals surface area contributed by atoms with Crippen LogP contribution >= 0.6 is 0 Å². The minimum absolute atomic E-state index is 0.0615. The van der Waals surface area contributed by atoms with Gasteiger partial charge >= 0.3 is 0 Å². The number of carbonyl (C=O) groups is 1. The molecule has 2 nitrogen and oxygen atoms in total. The van der Waals surface area contributed by atoms with Crippen molar-refractivity contribution in [2.75, 3.05) is 0 Å². The van der Waals surface area contributed by atoms with Crippen LogP contribution in [0.1, 0.15) is 56.8 Å². The predicted molar refractivity (Wildman–Crippen MR) is 73.1 cm³/mol. The molecule has 0 fully saturated rings. The summed E-state index contributed by atoms with van der Waals surface area (Å²) in [6.45, 7) is 6.32. The van der Waals surface area contributed by atoms with E-state index in [2.05, 4.69) is 13.8 Å². The third-order valence-electron chi connectivity index (χ3n) is 4.11. The van der Waals surface area contributed by atoms with Crippen LogP contribution in [0.3, 0.4) is 0 Å². The zero-order valence-corrected chi connectivity index (χ0v) is 11.8. The fraction of sp³-hybridized carbons (Fsp3) is 0.562. The smallest absolute Gasteiger partial charge is 0.170 e. The van der Waals surface area contributed by atoms with Gasteiger partial charge in [0.05, 0.1) is 12.0 Å². The summed E-state index contributed by atoms with van der Waals surface area (Å²) in [4.78, 5) is 12.2. The second-order valence-electron chi connectivity index (χ2n) is 5.60. The third-order valence-corrected chi connectivity index (χ3v) is 4.11. The largest absolute Gasteiger partial charge is 0.486 e. The summed E-state index contributed by atoms with van der Waals surface area (Å²) in [5.41, 5.74) is 0.0439. The number of rotatable bonds is 4. The van der Waals surface area contributed by atoms with E-state index in [1.54, 1.807) is 0 Å². The molecule has 0 aliphatic carbocycles. The van der Waals surface area contributed by atoms with Gasteiger partial charge in [-0.3, -0.25) is 4.79 Å². The maximum absolute atomic E-state index is 13.3. The molecule has 0 saturated heterocycles. The molecule has 3 heteroatoms. The van der Waals surface area contributed by atoms with Gasteiger partial charge in [-0.2, -0.15) is 0 Å². The van der Waals surface area contributed by atoms with Crippen LogP contribution in [0.25, 0.3) is 0 Å². The average molecular weight is 264 g/mol. The van der Waals surface area contributed by atoms with E-state index in [1.807, 2.05) is 6.92 Å². The standard InChI is InChI=1S/C16H21FO2/c1-4-11(3)9-16(5-2)10-14(18)13-7-6-12(17)8-15(13)19-16/h6-8,11H,4-5,9-10H2,1-3H3. The minimum atomic E-state index is -0.465. The zero-order chi connectivity index (χ0) is 14.0. The Morgan fingerprint density at radius 2 is 2.16 bits per heavy atom. The molecule has 0 radical (unpaired) electrons. The van der Waals surface area contributed by atoms with Gasteiger partial charge in [0.2, 0.25) is 0 Å². The highest BCUT2D eigenvalue weighted by atomic mass is 19.1. The van der Waals surface area contributed by atoms with E-state index in [9.17, 15) is 9.18 Å². The van der Waals surface area contributed by atoms with Crippen molar-refractivity contribution in [1.82, 2.24) is 0 Å². The Morgan fingerprint density at radius 1 is 1.42 bits per heavy atom.